The van der Waals surface area contributed by atoms with Crippen molar-refractivity contribution in [3.8, 4) is 0 Å². The van der Waals surface area contributed by atoms with Crippen LogP contribution in [0.25, 0.3) is 0 Å². The van der Waals surface area contributed by atoms with Gasteiger partial charge in [-0.25, -0.2) is 0 Å². The highest BCUT2D eigenvalue weighted by Gasteiger charge is 2.33. The van der Waals surface area contributed by atoms with Crippen LogP contribution in [-0.2, 0) is 23.9 Å². The molecule has 1 saturated heterocycles. The minimum atomic E-state index is -1.13. The molecule has 1 aliphatic rings. The largest absolute Gasteiger partial charge is 0.481 e. The fraction of sp³-hybridized carbons (Fsp3) is 0.500. The molecule has 0 bridgehead atoms. The van der Waals surface area contributed by atoms with Gasteiger partial charge in [0.15, 0.2) is 6.10 Å². The molecule has 1 fully saturated rings. The van der Waals surface area contributed by atoms with Crippen molar-refractivity contribution in [1.29, 1.82) is 0 Å². The summed E-state index contributed by atoms with van der Waals surface area (Å²) in [6, 6.07) is 0. The standard InChI is InChI=1S/C8H9NO6/c10-5-3-4(8(14)9-5)15-7(13)2-1-6(11)12/h4H,1-3H2,(H,11,12)(H,9,10,14). The van der Waals surface area contributed by atoms with Gasteiger partial charge in [-0.05, 0) is 0 Å². The fourth-order valence-electron chi connectivity index (χ4n) is 1.05. The Morgan fingerprint density at radius 3 is 2.53 bits per heavy atom. The molecule has 0 aromatic rings. The third-order valence-corrected chi connectivity index (χ3v) is 1.74. The van der Waals surface area contributed by atoms with Crippen molar-refractivity contribution >= 4 is 23.8 Å². The zero-order valence-electron chi connectivity index (χ0n) is 7.69. The molecular formula is C8H9NO6. The van der Waals surface area contributed by atoms with Crippen molar-refractivity contribution in [2.45, 2.75) is 25.4 Å². The second kappa shape index (κ2) is 4.54. The van der Waals surface area contributed by atoms with Crippen LogP contribution >= 0.6 is 0 Å². The van der Waals surface area contributed by atoms with Gasteiger partial charge in [0.25, 0.3) is 5.91 Å². The number of carbonyl (C=O) groups is 4. The normalized spacial score (nSPS) is 19.9. The minimum absolute atomic E-state index is 0.197. The predicted octanol–water partition coefficient (Wildman–Crippen LogP) is -1.19. The van der Waals surface area contributed by atoms with Gasteiger partial charge < -0.3 is 9.84 Å². The molecule has 0 radical (unpaired) electrons. The number of hydrogen-bond acceptors (Lipinski definition) is 5. The summed E-state index contributed by atoms with van der Waals surface area (Å²) in [5.41, 5.74) is 0. The first-order valence-electron chi connectivity index (χ1n) is 4.24. The van der Waals surface area contributed by atoms with Gasteiger partial charge in [0.2, 0.25) is 5.91 Å². The molecule has 1 aliphatic heterocycles. The zero-order chi connectivity index (χ0) is 11.4. The number of rotatable bonds is 4. The fourth-order valence-corrected chi connectivity index (χ4v) is 1.05. The lowest BCUT2D eigenvalue weighted by atomic mass is 10.3. The average Bonchev–Trinajstić information content (AvgIpc) is 2.42. The highest BCUT2D eigenvalue weighted by atomic mass is 16.5. The maximum atomic E-state index is 11.0. The number of carboxylic acids is 1. The van der Waals surface area contributed by atoms with E-state index in [0.29, 0.717) is 0 Å². The molecular weight excluding hydrogens is 206 g/mol. The van der Waals surface area contributed by atoms with Crippen LogP contribution in [0.3, 0.4) is 0 Å². The maximum absolute atomic E-state index is 11.0. The van der Waals surface area contributed by atoms with E-state index in [9.17, 15) is 19.2 Å². The van der Waals surface area contributed by atoms with E-state index in [1.165, 1.54) is 0 Å². The topological polar surface area (TPSA) is 110 Å². The number of nitrogens with one attached hydrogen (secondary N) is 1. The van der Waals surface area contributed by atoms with Crippen LogP contribution in [-0.4, -0.2) is 35.0 Å². The molecule has 0 saturated carbocycles. The Kier molecular flexibility index (Phi) is 3.37. The van der Waals surface area contributed by atoms with Crippen molar-refractivity contribution in [2.24, 2.45) is 0 Å². The number of esters is 1. The number of carbonyl (C=O) groups excluding carboxylic acids is 3. The number of imide groups is 1. The van der Waals surface area contributed by atoms with Crippen LogP contribution in [0.4, 0.5) is 0 Å². The van der Waals surface area contributed by atoms with Crippen LogP contribution in [0.1, 0.15) is 19.3 Å². The number of ether oxygens (including phenoxy) is 1. The maximum Gasteiger partial charge on any atom is 0.307 e. The van der Waals surface area contributed by atoms with Gasteiger partial charge in [-0.1, -0.05) is 0 Å². The molecule has 0 spiro atoms. The second-order valence-electron chi connectivity index (χ2n) is 2.99. The number of hydrogen-bond donors (Lipinski definition) is 2. The molecule has 82 valence electrons. The zero-order valence-corrected chi connectivity index (χ0v) is 7.69. The lowest BCUT2D eigenvalue weighted by molar-refractivity contribution is -0.155. The summed E-state index contributed by atoms with van der Waals surface area (Å²) in [6.07, 6.45) is -1.98. The van der Waals surface area contributed by atoms with Gasteiger partial charge in [0, 0.05) is 0 Å². The Labute approximate surface area is 84.4 Å². The van der Waals surface area contributed by atoms with E-state index in [-0.39, 0.29) is 19.3 Å². The van der Waals surface area contributed by atoms with E-state index < -0.39 is 29.9 Å². The van der Waals surface area contributed by atoms with Crippen molar-refractivity contribution in [3.05, 3.63) is 0 Å². The first-order chi connectivity index (χ1) is 6.99. The van der Waals surface area contributed by atoms with Crippen LogP contribution < -0.4 is 5.32 Å². The lowest BCUT2D eigenvalue weighted by Crippen LogP contribution is -2.28. The second-order valence-corrected chi connectivity index (χ2v) is 2.99. The van der Waals surface area contributed by atoms with Gasteiger partial charge in [-0.3, -0.25) is 24.5 Å². The average molecular weight is 215 g/mol. The number of carboxylic acid groups (broad SMARTS) is 1. The van der Waals surface area contributed by atoms with Gasteiger partial charge in [-0.15, -0.1) is 0 Å². The van der Waals surface area contributed by atoms with Crippen molar-refractivity contribution in [1.82, 2.24) is 5.32 Å². The summed E-state index contributed by atoms with van der Waals surface area (Å²) in [4.78, 5) is 42.7. The molecule has 15 heavy (non-hydrogen) atoms. The lowest BCUT2D eigenvalue weighted by Gasteiger charge is -2.07. The van der Waals surface area contributed by atoms with Gasteiger partial charge in [-0.2, -0.15) is 0 Å². The molecule has 7 nitrogen and oxygen atoms in total. The predicted molar refractivity (Wildman–Crippen MR) is 44.5 cm³/mol. The summed E-state index contributed by atoms with van der Waals surface area (Å²) < 4.78 is 4.61. The SMILES string of the molecule is O=C(O)CCC(=O)OC1CC(=O)NC1=O. The van der Waals surface area contributed by atoms with Crippen molar-refractivity contribution in [2.75, 3.05) is 0 Å². The molecule has 1 atom stereocenters. The third kappa shape index (κ3) is 3.37. The van der Waals surface area contributed by atoms with E-state index in [4.69, 9.17) is 5.11 Å². The highest BCUT2D eigenvalue weighted by molar-refractivity contribution is 6.05. The molecule has 1 unspecified atom stereocenters. The third-order valence-electron chi connectivity index (χ3n) is 1.74. The van der Waals surface area contributed by atoms with E-state index in [1.807, 2.05) is 5.32 Å². The summed E-state index contributed by atoms with van der Waals surface area (Å²) >= 11 is 0. The van der Waals surface area contributed by atoms with Gasteiger partial charge in [0.1, 0.15) is 0 Å². The van der Waals surface area contributed by atoms with E-state index in [2.05, 4.69) is 4.74 Å². The summed E-state index contributed by atoms with van der Waals surface area (Å²) in [6.45, 7) is 0. The smallest absolute Gasteiger partial charge is 0.307 e. The number of amides is 2. The monoisotopic (exact) mass is 215 g/mol. The van der Waals surface area contributed by atoms with Crippen LogP contribution in [0.15, 0.2) is 0 Å². The summed E-state index contributed by atoms with van der Waals surface area (Å²) in [5, 5.41) is 10.2. The molecule has 0 aliphatic carbocycles. The Bertz CT molecular complexity index is 323. The van der Waals surface area contributed by atoms with E-state index >= 15 is 0 Å². The summed E-state index contributed by atoms with van der Waals surface area (Å²) in [5.74, 6) is -3.09. The van der Waals surface area contributed by atoms with Gasteiger partial charge >= 0.3 is 11.9 Å². The summed E-state index contributed by atoms with van der Waals surface area (Å²) in [7, 11) is 0. The Balaban J connectivity index is 2.35. The molecule has 7 heteroatoms. The Morgan fingerprint density at radius 1 is 1.40 bits per heavy atom. The molecule has 2 N–H and O–H groups in total. The van der Waals surface area contributed by atoms with Crippen LogP contribution in [0, 0.1) is 0 Å². The van der Waals surface area contributed by atoms with Crippen molar-refractivity contribution < 1.29 is 29.0 Å². The molecule has 0 aromatic carbocycles. The highest BCUT2D eigenvalue weighted by Crippen LogP contribution is 2.08. The first kappa shape index (κ1) is 11.2. The van der Waals surface area contributed by atoms with E-state index in [1.54, 1.807) is 0 Å². The Hall–Kier alpha value is -1.92. The van der Waals surface area contributed by atoms with Crippen molar-refractivity contribution in [3.63, 3.8) is 0 Å². The molecule has 0 aromatic heterocycles. The van der Waals surface area contributed by atoms with Crippen LogP contribution in [0.2, 0.25) is 0 Å². The molecule has 1 heterocycles. The quantitative estimate of drug-likeness (QED) is 0.450. The van der Waals surface area contributed by atoms with E-state index in [0.717, 1.165) is 0 Å². The number of aliphatic carboxylic acids is 1. The minimum Gasteiger partial charge on any atom is -0.481 e. The molecule has 2 amide bonds. The Morgan fingerprint density at radius 2 is 2.07 bits per heavy atom. The van der Waals surface area contributed by atoms with Gasteiger partial charge in [0.05, 0.1) is 19.3 Å². The first-order valence-corrected chi connectivity index (χ1v) is 4.24. The van der Waals surface area contributed by atoms with Crippen LogP contribution in [0.5, 0.6) is 0 Å². The molecule has 1 rings (SSSR count).